The Balaban J connectivity index is 2.07. The lowest BCUT2D eigenvalue weighted by atomic mass is 9.85. The molecule has 94 valence electrons. The Kier molecular flexibility index (Phi) is 3.66. The van der Waals surface area contributed by atoms with Crippen LogP contribution in [0.5, 0.6) is 0 Å². The van der Waals surface area contributed by atoms with Gasteiger partial charge in [0.25, 0.3) is 5.91 Å². The zero-order valence-corrected chi connectivity index (χ0v) is 11.2. The Morgan fingerprint density at radius 3 is 2.71 bits per heavy atom. The topological polar surface area (TPSA) is 59.2 Å². The molecule has 0 aliphatic heterocycles. The van der Waals surface area contributed by atoms with E-state index in [1.165, 1.54) is 30.6 Å². The molecule has 2 N–H and O–H groups in total. The maximum atomic E-state index is 12.3. The monoisotopic (exact) mass is 253 g/mol. The van der Waals surface area contributed by atoms with Crippen molar-refractivity contribution in [2.45, 2.75) is 33.1 Å². The normalized spacial score (nSPS) is 15.6. The summed E-state index contributed by atoms with van der Waals surface area (Å²) < 4.78 is 0. The third kappa shape index (κ3) is 2.60. The number of carbonyl (C=O) groups is 1. The van der Waals surface area contributed by atoms with Gasteiger partial charge in [0, 0.05) is 13.1 Å². The lowest BCUT2D eigenvalue weighted by molar-refractivity contribution is 0.0710. The number of hydrogen-bond acceptors (Lipinski definition) is 4. The van der Waals surface area contributed by atoms with Crippen LogP contribution in [0, 0.1) is 12.8 Å². The van der Waals surface area contributed by atoms with Crippen LogP contribution in [0.1, 0.15) is 41.6 Å². The van der Waals surface area contributed by atoms with E-state index in [-0.39, 0.29) is 5.91 Å². The van der Waals surface area contributed by atoms with Crippen LogP contribution in [0.4, 0.5) is 5.13 Å². The molecule has 0 spiro atoms. The van der Waals surface area contributed by atoms with Gasteiger partial charge < -0.3 is 10.6 Å². The van der Waals surface area contributed by atoms with Gasteiger partial charge in [0.15, 0.2) is 5.13 Å². The highest BCUT2D eigenvalue weighted by atomic mass is 32.1. The molecule has 1 aromatic rings. The Bertz CT molecular complexity index is 412. The van der Waals surface area contributed by atoms with Gasteiger partial charge in [0.05, 0.1) is 5.69 Å². The van der Waals surface area contributed by atoms with Crippen LogP contribution in [0.15, 0.2) is 0 Å². The first-order valence-corrected chi connectivity index (χ1v) is 6.95. The highest BCUT2D eigenvalue weighted by molar-refractivity contribution is 7.17. The van der Waals surface area contributed by atoms with Crippen LogP contribution in [-0.4, -0.2) is 28.9 Å². The molecule has 17 heavy (non-hydrogen) atoms. The number of amides is 1. The van der Waals surface area contributed by atoms with Crippen LogP contribution in [0.25, 0.3) is 0 Å². The van der Waals surface area contributed by atoms with E-state index in [1.807, 2.05) is 18.7 Å². The summed E-state index contributed by atoms with van der Waals surface area (Å²) in [6.07, 6.45) is 3.82. The summed E-state index contributed by atoms with van der Waals surface area (Å²) in [6, 6.07) is 0. The van der Waals surface area contributed by atoms with Gasteiger partial charge in [-0.05, 0) is 32.6 Å². The molecule has 0 saturated heterocycles. The van der Waals surface area contributed by atoms with E-state index in [0.717, 1.165) is 18.8 Å². The molecular formula is C12H19N3OS. The smallest absolute Gasteiger partial charge is 0.265 e. The second kappa shape index (κ2) is 5.04. The highest BCUT2D eigenvalue weighted by Crippen LogP contribution is 2.28. The number of thiazole rings is 1. The highest BCUT2D eigenvalue weighted by Gasteiger charge is 2.25. The summed E-state index contributed by atoms with van der Waals surface area (Å²) in [4.78, 5) is 19.1. The molecule has 2 rings (SSSR count). The molecule has 0 bridgehead atoms. The van der Waals surface area contributed by atoms with Gasteiger partial charge in [-0.3, -0.25) is 4.79 Å². The van der Waals surface area contributed by atoms with Gasteiger partial charge in [0.2, 0.25) is 0 Å². The molecule has 1 heterocycles. The summed E-state index contributed by atoms with van der Waals surface area (Å²) in [5.74, 6) is 0.788. The van der Waals surface area contributed by atoms with E-state index < -0.39 is 0 Å². The lowest BCUT2D eigenvalue weighted by Crippen LogP contribution is -2.37. The van der Waals surface area contributed by atoms with E-state index in [1.54, 1.807) is 0 Å². The number of nitrogens with two attached hydrogens (primary N) is 1. The second-order valence-electron chi connectivity index (χ2n) is 4.61. The summed E-state index contributed by atoms with van der Waals surface area (Å²) in [5, 5.41) is 0.477. The van der Waals surface area contributed by atoms with E-state index in [9.17, 15) is 4.79 Å². The third-order valence-electron chi connectivity index (χ3n) is 3.38. The Morgan fingerprint density at radius 2 is 2.29 bits per heavy atom. The predicted octanol–water partition coefficient (Wildman–Crippen LogP) is 2.30. The fourth-order valence-electron chi connectivity index (χ4n) is 2.10. The first kappa shape index (κ1) is 12.4. The average molecular weight is 253 g/mol. The standard InChI is InChI=1S/C12H19N3OS/c1-3-15(7-9-5-4-6-9)11(16)10-8(2)14-12(13)17-10/h9H,3-7H2,1-2H3,(H2,13,14). The SMILES string of the molecule is CCN(CC1CCC1)C(=O)c1sc(N)nc1C. The predicted molar refractivity (Wildman–Crippen MR) is 70.2 cm³/mol. The molecule has 4 nitrogen and oxygen atoms in total. The van der Waals surface area contributed by atoms with E-state index >= 15 is 0 Å². The average Bonchev–Trinajstić information content (AvgIpc) is 2.56. The van der Waals surface area contributed by atoms with Crippen LogP contribution >= 0.6 is 11.3 Å². The van der Waals surface area contributed by atoms with E-state index in [2.05, 4.69) is 4.98 Å². The van der Waals surface area contributed by atoms with E-state index in [4.69, 9.17) is 5.73 Å². The first-order chi connectivity index (χ1) is 8.11. The van der Waals surface area contributed by atoms with Gasteiger partial charge in [-0.15, -0.1) is 0 Å². The van der Waals surface area contributed by atoms with Gasteiger partial charge >= 0.3 is 0 Å². The maximum Gasteiger partial charge on any atom is 0.265 e. The molecule has 1 aliphatic rings. The minimum Gasteiger partial charge on any atom is -0.375 e. The summed E-state index contributed by atoms with van der Waals surface area (Å²) in [5.41, 5.74) is 6.39. The second-order valence-corrected chi connectivity index (χ2v) is 5.64. The zero-order valence-electron chi connectivity index (χ0n) is 10.4. The van der Waals surface area contributed by atoms with Crippen molar-refractivity contribution in [3.05, 3.63) is 10.6 Å². The van der Waals surface area contributed by atoms with Gasteiger partial charge in [0.1, 0.15) is 4.88 Å². The number of aromatic nitrogens is 1. The molecule has 1 saturated carbocycles. The first-order valence-electron chi connectivity index (χ1n) is 6.14. The summed E-state index contributed by atoms with van der Waals surface area (Å²) in [6.45, 7) is 5.51. The molecule has 0 unspecified atom stereocenters. The summed E-state index contributed by atoms with van der Waals surface area (Å²) in [7, 11) is 0. The minimum atomic E-state index is 0.0890. The fourth-order valence-corrected chi connectivity index (χ4v) is 2.90. The number of anilines is 1. The van der Waals surface area contributed by atoms with Crippen LogP contribution < -0.4 is 5.73 Å². The Morgan fingerprint density at radius 1 is 1.59 bits per heavy atom. The van der Waals surface area contributed by atoms with Crippen molar-refractivity contribution in [2.24, 2.45) is 5.92 Å². The van der Waals surface area contributed by atoms with Crippen molar-refractivity contribution in [2.75, 3.05) is 18.8 Å². The fraction of sp³-hybridized carbons (Fsp3) is 0.667. The lowest BCUT2D eigenvalue weighted by Gasteiger charge is -2.31. The molecule has 0 aromatic carbocycles. The van der Waals surface area contributed by atoms with Crippen molar-refractivity contribution >= 4 is 22.4 Å². The van der Waals surface area contributed by atoms with Crippen molar-refractivity contribution < 1.29 is 4.79 Å². The molecule has 1 fully saturated rings. The van der Waals surface area contributed by atoms with Gasteiger partial charge in [-0.25, -0.2) is 4.98 Å². The number of rotatable bonds is 4. The van der Waals surface area contributed by atoms with Crippen molar-refractivity contribution in [3.63, 3.8) is 0 Å². The van der Waals surface area contributed by atoms with Crippen LogP contribution in [0.2, 0.25) is 0 Å². The van der Waals surface area contributed by atoms with Gasteiger partial charge in [-0.2, -0.15) is 0 Å². The molecule has 0 atom stereocenters. The molecule has 1 aliphatic carbocycles. The van der Waals surface area contributed by atoms with Crippen molar-refractivity contribution in [1.29, 1.82) is 0 Å². The molecule has 1 amide bonds. The third-order valence-corrected chi connectivity index (χ3v) is 4.35. The Hall–Kier alpha value is -1.10. The Labute approximate surface area is 106 Å². The summed E-state index contributed by atoms with van der Waals surface area (Å²) >= 11 is 1.29. The van der Waals surface area contributed by atoms with Crippen molar-refractivity contribution in [1.82, 2.24) is 9.88 Å². The number of hydrogen-bond donors (Lipinski definition) is 1. The number of nitrogen functional groups attached to an aromatic ring is 1. The van der Waals surface area contributed by atoms with E-state index in [0.29, 0.717) is 15.9 Å². The molecule has 1 aromatic heterocycles. The minimum absolute atomic E-state index is 0.0890. The maximum absolute atomic E-state index is 12.3. The zero-order chi connectivity index (χ0) is 12.4. The van der Waals surface area contributed by atoms with Crippen LogP contribution in [0.3, 0.4) is 0 Å². The molecule has 5 heteroatoms. The quantitative estimate of drug-likeness (QED) is 0.895. The van der Waals surface area contributed by atoms with Crippen LogP contribution in [-0.2, 0) is 0 Å². The number of carbonyl (C=O) groups excluding carboxylic acids is 1. The van der Waals surface area contributed by atoms with Crippen molar-refractivity contribution in [3.8, 4) is 0 Å². The molecular weight excluding hydrogens is 234 g/mol. The largest absolute Gasteiger partial charge is 0.375 e. The molecule has 0 radical (unpaired) electrons. The number of nitrogens with zero attached hydrogens (tertiary/aromatic N) is 2. The van der Waals surface area contributed by atoms with Gasteiger partial charge in [-0.1, -0.05) is 17.8 Å². The number of aryl methyl sites for hydroxylation is 1.